The van der Waals surface area contributed by atoms with E-state index in [1.165, 1.54) is 0 Å². The van der Waals surface area contributed by atoms with E-state index < -0.39 is 0 Å². The monoisotopic (exact) mass is 197 g/mol. The van der Waals surface area contributed by atoms with Crippen LogP contribution in [-0.4, -0.2) is 39.9 Å². The second-order valence-corrected chi connectivity index (χ2v) is 2.85. The van der Waals surface area contributed by atoms with Crippen molar-refractivity contribution in [2.75, 3.05) is 24.6 Å². The van der Waals surface area contributed by atoms with Gasteiger partial charge in [0.05, 0.1) is 13.2 Å². The lowest BCUT2D eigenvalue weighted by Gasteiger charge is -2.18. The van der Waals surface area contributed by atoms with E-state index in [-0.39, 0.29) is 13.2 Å². The molecule has 0 spiro atoms. The minimum Gasteiger partial charge on any atom is -0.395 e. The maximum atomic E-state index is 8.79. The van der Waals surface area contributed by atoms with Gasteiger partial charge in [-0.3, -0.25) is 0 Å². The van der Waals surface area contributed by atoms with E-state index in [0.29, 0.717) is 18.1 Å². The third kappa shape index (κ3) is 2.65. The van der Waals surface area contributed by atoms with Crippen LogP contribution in [0.4, 0.5) is 5.95 Å². The van der Waals surface area contributed by atoms with Crippen molar-refractivity contribution in [1.82, 2.24) is 9.97 Å². The van der Waals surface area contributed by atoms with Gasteiger partial charge < -0.3 is 15.1 Å². The Bertz CT molecular complexity index is 263. The quantitative estimate of drug-likeness (QED) is 0.683. The molecular weight excluding hydrogens is 182 g/mol. The van der Waals surface area contributed by atoms with Gasteiger partial charge in [-0.25, -0.2) is 9.97 Å². The predicted octanol–water partition coefficient (Wildman–Crippen LogP) is -0.213. The summed E-state index contributed by atoms with van der Waals surface area (Å²) in [5.74, 6) is 0.582. The highest BCUT2D eigenvalue weighted by Gasteiger charge is 2.05. The smallest absolute Gasteiger partial charge is 0.225 e. The van der Waals surface area contributed by atoms with Crippen molar-refractivity contribution in [3.8, 4) is 0 Å². The van der Waals surface area contributed by atoms with Crippen molar-refractivity contribution in [1.29, 1.82) is 0 Å². The summed E-state index contributed by atoms with van der Waals surface area (Å²) >= 11 is 0. The fourth-order valence-electron chi connectivity index (χ4n) is 1.11. The molecule has 5 heteroatoms. The van der Waals surface area contributed by atoms with Gasteiger partial charge in [0.2, 0.25) is 5.95 Å². The van der Waals surface area contributed by atoms with Crippen molar-refractivity contribution in [3.05, 3.63) is 18.0 Å². The minimum absolute atomic E-state index is 0.0492. The van der Waals surface area contributed by atoms with Gasteiger partial charge in [0.15, 0.2) is 0 Å². The lowest BCUT2D eigenvalue weighted by Crippen LogP contribution is -2.27. The molecule has 0 aliphatic heterocycles. The largest absolute Gasteiger partial charge is 0.395 e. The minimum atomic E-state index is -0.0492. The van der Waals surface area contributed by atoms with Crippen LogP contribution < -0.4 is 4.90 Å². The fourth-order valence-corrected chi connectivity index (χ4v) is 1.11. The van der Waals surface area contributed by atoms with Crippen molar-refractivity contribution >= 4 is 5.95 Å². The Balaban J connectivity index is 2.73. The van der Waals surface area contributed by atoms with Crippen molar-refractivity contribution in [2.24, 2.45) is 0 Å². The highest BCUT2D eigenvalue weighted by atomic mass is 16.3. The van der Waals surface area contributed by atoms with Gasteiger partial charge in [-0.15, -0.1) is 0 Å². The van der Waals surface area contributed by atoms with Gasteiger partial charge in [-0.05, 0) is 6.92 Å². The molecule has 78 valence electrons. The topological polar surface area (TPSA) is 69.5 Å². The van der Waals surface area contributed by atoms with Gasteiger partial charge in [-0.1, -0.05) is 0 Å². The summed E-state index contributed by atoms with van der Waals surface area (Å²) in [6, 6.07) is 0. The third-order valence-electron chi connectivity index (χ3n) is 1.91. The number of rotatable bonds is 5. The first-order valence-electron chi connectivity index (χ1n) is 4.59. The van der Waals surface area contributed by atoms with Gasteiger partial charge in [0.1, 0.15) is 0 Å². The number of likely N-dealkylation sites (N-methyl/N-ethyl adjacent to an activating group) is 1. The van der Waals surface area contributed by atoms with Crippen LogP contribution in [0.2, 0.25) is 0 Å². The molecule has 0 saturated carbocycles. The maximum Gasteiger partial charge on any atom is 0.225 e. The molecule has 0 radical (unpaired) electrons. The number of anilines is 1. The molecule has 0 aliphatic rings. The summed E-state index contributed by atoms with van der Waals surface area (Å²) in [5, 5.41) is 17.6. The van der Waals surface area contributed by atoms with Crippen LogP contribution in [0.3, 0.4) is 0 Å². The molecule has 0 aliphatic carbocycles. The van der Waals surface area contributed by atoms with Crippen molar-refractivity contribution in [3.63, 3.8) is 0 Å². The van der Waals surface area contributed by atoms with Crippen molar-refractivity contribution < 1.29 is 10.2 Å². The summed E-state index contributed by atoms with van der Waals surface area (Å²) in [6.07, 6.45) is 3.17. The Morgan fingerprint density at radius 2 is 1.93 bits per heavy atom. The number of aromatic nitrogens is 2. The molecule has 14 heavy (non-hydrogen) atoms. The van der Waals surface area contributed by atoms with E-state index in [0.717, 1.165) is 6.54 Å². The Kier molecular flexibility index (Phi) is 4.28. The first kappa shape index (κ1) is 10.9. The lowest BCUT2D eigenvalue weighted by atomic mass is 10.4. The zero-order chi connectivity index (χ0) is 10.4. The fraction of sp³-hybridized carbons (Fsp3) is 0.556. The maximum absolute atomic E-state index is 8.79. The normalized spacial score (nSPS) is 10.2. The number of hydrogen-bond acceptors (Lipinski definition) is 5. The molecule has 0 fully saturated rings. The van der Waals surface area contributed by atoms with E-state index in [4.69, 9.17) is 10.2 Å². The van der Waals surface area contributed by atoms with Crippen LogP contribution in [0.5, 0.6) is 0 Å². The molecule has 1 rings (SSSR count). The van der Waals surface area contributed by atoms with E-state index in [1.807, 2.05) is 11.8 Å². The van der Waals surface area contributed by atoms with E-state index in [9.17, 15) is 0 Å². The summed E-state index contributed by atoms with van der Waals surface area (Å²) in [5.41, 5.74) is 0.689. The van der Waals surface area contributed by atoms with Crippen molar-refractivity contribution in [2.45, 2.75) is 13.5 Å². The first-order valence-corrected chi connectivity index (χ1v) is 4.59. The zero-order valence-corrected chi connectivity index (χ0v) is 8.22. The number of aliphatic hydroxyl groups excluding tert-OH is 2. The van der Waals surface area contributed by atoms with Gasteiger partial charge in [-0.2, -0.15) is 0 Å². The molecule has 1 aromatic rings. The van der Waals surface area contributed by atoms with Crippen LogP contribution in [0, 0.1) is 0 Å². The molecule has 1 aromatic heterocycles. The standard InChI is InChI=1S/C9H15N3O2/c1-2-12(3-4-13)9-10-5-8(7-14)6-11-9/h5-6,13-14H,2-4,7H2,1H3. The van der Waals surface area contributed by atoms with Crippen LogP contribution in [0.1, 0.15) is 12.5 Å². The summed E-state index contributed by atoms with van der Waals surface area (Å²) < 4.78 is 0. The van der Waals surface area contributed by atoms with E-state index in [1.54, 1.807) is 12.4 Å². The number of aliphatic hydroxyl groups is 2. The highest BCUT2D eigenvalue weighted by Crippen LogP contribution is 2.05. The molecular formula is C9H15N3O2. The molecule has 1 heterocycles. The highest BCUT2D eigenvalue weighted by molar-refractivity contribution is 5.29. The molecule has 2 N–H and O–H groups in total. The van der Waals surface area contributed by atoms with Crippen LogP contribution >= 0.6 is 0 Å². The molecule has 0 saturated heterocycles. The second kappa shape index (κ2) is 5.51. The van der Waals surface area contributed by atoms with E-state index in [2.05, 4.69) is 9.97 Å². The molecule has 0 amide bonds. The second-order valence-electron chi connectivity index (χ2n) is 2.85. The number of nitrogens with zero attached hydrogens (tertiary/aromatic N) is 3. The summed E-state index contributed by atoms with van der Waals surface area (Å²) in [4.78, 5) is 10.0. The van der Waals surface area contributed by atoms with Crippen LogP contribution in [0.25, 0.3) is 0 Å². The lowest BCUT2D eigenvalue weighted by molar-refractivity contribution is 0.280. The molecule has 0 aromatic carbocycles. The molecule has 5 nitrogen and oxygen atoms in total. The van der Waals surface area contributed by atoms with Crippen LogP contribution in [0.15, 0.2) is 12.4 Å². The number of hydrogen-bond donors (Lipinski definition) is 2. The Hall–Kier alpha value is -1.20. The molecule has 0 atom stereocenters. The van der Waals surface area contributed by atoms with Gasteiger partial charge in [0, 0.05) is 31.0 Å². The SMILES string of the molecule is CCN(CCO)c1ncc(CO)cn1. The Morgan fingerprint density at radius 1 is 1.29 bits per heavy atom. The van der Waals surface area contributed by atoms with Gasteiger partial charge in [0.25, 0.3) is 0 Å². The average Bonchev–Trinajstić information content (AvgIpc) is 2.26. The summed E-state index contributed by atoms with van der Waals surface area (Å²) in [7, 11) is 0. The van der Waals surface area contributed by atoms with E-state index >= 15 is 0 Å². The zero-order valence-electron chi connectivity index (χ0n) is 8.22. The van der Waals surface area contributed by atoms with Crippen LogP contribution in [-0.2, 0) is 6.61 Å². The Morgan fingerprint density at radius 3 is 2.36 bits per heavy atom. The molecule has 0 unspecified atom stereocenters. The predicted molar refractivity (Wildman–Crippen MR) is 52.9 cm³/mol. The Labute approximate surface area is 83.0 Å². The summed E-state index contributed by atoms with van der Waals surface area (Å²) in [6.45, 7) is 3.28. The average molecular weight is 197 g/mol. The third-order valence-corrected chi connectivity index (χ3v) is 1.91. The molecule has 0 bridgehead atoms. The van der Waals surface area contributed by atoms with Gasteiger partial charge >= 0.3 is 0 Å². The first-order chi connectivity index (χ1) is 6.81.